The molecule has 0 heterocycles. The van der Waals surface area contributed by atoms with Crippen LogP contribution in [0, 0.1) is 21.5 Å². The van der Waals surface area contributed by atoms with E-state index in [0.717, 1.165) is 25.0 Å². The van der Waals surface area contributed by atoms with Gasteiger partial charge in [-0.2, -0.15) is 5.26 Å². The highest BCUT2D eigenvalue weighted by atomic mass is 32.2. The Kier molecular flexibility index (Phi) is 5.43. The highest BCUT2D eigenvalue weighted by Gasteiger charge is 2.49. The number of isothiocyanates is 2. The van der Waals surface area contributed by atoms with Crippen LogP contribution in [-0.4, -0.2) is 21.7 Å². The van der Waals surface area contributed by atoms with E-state index in [1.165, 1.54) is 11.8 Å². The van der Waals surface area contributed by atoms with Crippen LogP contribution in [0.5, 0.6) is 0 Å². The minimum absolute atomic E-state index is 0.0203. The van der Waals surface area contributed by atoms with Gasteiger partial charge >= 0.3 is 0 Å². The van der Waals surface area contributed by atoms with Gasteiger partial charge in [-0.1, -0.05) is 20.8 Å². The van der Waals surface area contributed by atoms with E-state index in [4.69, 9.17) is 29.7 Å². The lowest BCUT2D eigenvalue weighted by Gasteiger charge is -2.48. The van der Waals surface area contributed by atoms with E-state index in [1.807, 2.05) is 0 Å². The zero-order chi connectivity index (χ0) is 14.6. The van der Waals surface area contributed by atoms with E-state index in [9.17, 15) is 0 Å². The summed E-state index contributed by atoms with van der Waals surface area (Å²) in [5.41, 5.74) is -0.613. The third-order valence-corrected chi connectivity index (χ3v) is 4.52. The summed E-state index contributed by atoms with van der Waals surface area (Å²) in [6, 6.07) is 0. The Bertz CT molecular complexity index is 464. The number of rotatable bonds is 4. The number of hydrogen-bond donors (Lipinski definition) is 0. The molecule has 1 aliphatic carbocycles. The van der Waals surface area contributed by atoms with Crippen LogP contribution in [0.3, 0.4) is 0 Å². The van der Waals surface area contributed by atoms with Crippen molar-refractivity contribution in [2.75, 3.05) is 5.75 Å². The fraction of sp³-hybridized carbons (Fsp3) is 0.769. The molecular weight excluding hydrogens is 294 g/mol. The first-order valence-corrected chi connectivity index (χ1v) is 7.80. The molecule has 102 valence electrons. The molecular formula is C13H17N3S3. The van der Waals surface area contributed by atoms with Crippen molar-refractivity contribution in [1.82, 2.24) is 0 Å². The van der Waals surface area contributed by atoms with Crippen molar-refractivity contribution in [1.29, 1.82) is 5.26 Å². The summed E-state index contributed by atoms with van der Waals surface area (Å²) >= 11 is 10.8. The maximum absolute atomic E-state index is 8.79. The Hall–Kier alpha value is -0.560. The van der Waals surface area contributed by atoms with Crippen molar-refractivity contribution in [3.8, 4) is 5.40 Å². The maximum Gasteiger partial charge on any atom is 0.171 e. The van der Waals surface area contributed by atoms with Crippen LogP contribution in [0.25, 0.3) is 0 Å². The molecule has 0 bridgehead atoms. The second-order valence-corrected chi connectivity index (χ2v) is 7.40. The highest BCUT2D eigenvalue weighted by Crippen LogP contribution is 2.53. The van der Waals surface area contributed by atoms with Gasteiger partial charge in [0.25, 0.3) is 0 Å². The second kappa shape index (κ2) is 6.26. The Balaban J connectivity index is 3.17. The Morgan fingerprint density at radius 1 is 1.11 bits per heavy atom. The highest BCUT2D eigenvalue weighted by molar-refractivity contribution is 8.03. The maximum atomic E-state index is 8.79. The summed E-state index contributed by atoms with van der Waals surface area (Å²) in [7, 11) is 0. The molecule has 0 amide bonds. The smallest absolute Gasteiger partial charge is 0.171 e. The number of aliphatic imine (C=N–C) groups is 2. The number of hydrogen-bond acceptors (Lipinski definition) is 6. The molecule has 0 aliphatic heterocycles. The van der Waals surface area contributed by atoms with E-state index >= 15 is 0 Å². The first-order valence-electron chi connectivity index (χ1n) is 5.99. The molecule has 0 radical (unpaired) electrons. The van der Waals surface area contributed by atoms with E-state index in [1.54, 1.807) is 0 Å². The molecule has 19 heavy (non-hydrogen) atoms. The lowest BCUT2D eigenvalue weighted by Crippen LogP contribution is -2.46. The fourth-order valence-corrected chi connectivity index (χ4v) is 4.41. The quantitative estimate of drug-likeness (QED) is 0.441. The average Bonchev–Trinajstić information content (AvgIpc) is 2.24. The SMILES string of the molecule is CC1(C)CC(C)(CSC#N)CC(N=C=S)(N=C=S)C1. The standard InChI is InChI=1S/C13H17N3S3/c1-11(2)4-12(3,7-19-8-14)6-13(5-11,15-9-17)16-10-18/h4-7H2,1-3H3. The third-order valence-electron chi connectivity index (χ3n) is 3.37. The molecule has 0 spiro atoms. The summed E-state index contributed by atoms with van der Waals surface area (Å²) in [4.78, 5) is 8.56. The third kappa shape index (κ3) is 4.49. The van der Waals surface area contributed by atoms with E-state index in [2.05, 4.69) is 46.5 Å². The lowest BCUT2D eigenvalue weighted by molar-refractivity contribution is 0.0582. The zero-order valence-electron chi connectivity index (χ0n) is 11.4. The molecule has 6 heteroatoms. The molecule has 1 aliphatic rings. The number of thiocyanates is 1. The van der Waals surface area contributed by atoms with Gasteiger partial charge in [0, 0.05) is 12.2 Å². The Morgan fingerprint density at radius 2 is 1.68 bits per heavy atom. The van der Waals surface area contributed by atoms with Crippen molar-refractivity contribution in [2.45, 2.75) is 45.7 Å². The monoisotopic (exact) mass is 311 g/mol. The topological polar surface area (TPSA) is 48.5 Å². The summed E-state index contributed by atoms with van der Waals surface area (Å²) < 4.78 is 0. The van der Waals surface area contributed by atoms with Crippen LogP contribution in [-0.2, 0) is 0 Å². The minimum Gasteiger partial charge on any atom is -0.201 e. The van der Waals surface area contributed by atoms with Crippen LogP contribution in [0.4, 0.5) is 0 Å². The van der Waals surface area contributed by atoms with Crippen molar-refractivity contribution in [2.24, 2.45) is 20.8 Å². The summed E-state index contributed by atoms with van der Waals surface area (Å²) in [6.45, 7) is 6.55. The van der Waals surface area contributed by atoms with Gasteiger partial charge in [-0.3, -0.25) is 0 Å². The van der Waals surface area contributed by atoms with Gasteiger partial charge in [-0.15, -0.1) is 0 Å². The van der Waals surface area contributed by atoms with Crippen LogP contribution < -0.4 is 0 Å². The average molecular weight is 312 g/mol. The van der Waals surface area contributed by atoms with Gasteiger partial charge in [0.1, 0.15) is 5.40 Å². The Morgan fingerprint density at radius 3 is 2.16 bits per heavy atom. The van der Waals surface area contributed by atoms with Gasteiger partial charge in [0.05, 0.1) is 10.3 Å². The largest absolute Gasteiger partial charge is 0.201 e. The molecule has 0 aromatic rings. The van der Waals surface area contributed by atoms with Crippen molar-refractivity contribution in [3.63, 3.8) is 0 Å². The number of nitriles is 1. The molecule has 0 N–H and O–H groups in total. The number of thioether (sulfide) groups is 1. The summed E-state index contributed by atoms with van der Waals surface area (Å²) in [6.07, 6.45) is 2.53. The van der Waals surface area contributed by atoms with Crippen molar-refractivity contribution < 1.29 is 0 Å². The Labute approximate surface area is 129 Å². The van der Waals surface area contributed by atoms with Gasteiger partial charge in [-0.25, -0.2) is 9.98 Å². The predicted octanol–water partition coefficient (Wildman–Crippen LogP) is 4.32. The van der Waals surface area contributed by atoms with Crippen molar-refractivity contribution in [3.05, 3.63) is 0 Å². The van der Waals surface area contributed by atoms with Crippen LogP contribution >= 0.6 is 36.2 Å². The molecule has 1 atom stereocenters. The minimum atomic E-state index is -0.657. The molecule has 1 fully saturated rings. The van der Waals surface area contributed by atoms with E-state index < -0.39 is 5.66 Å². The second-order valence-electron chi connectivity index (χ2n) is 6.27. The normalized spacial score (nSPS) is 32.5. The van der Waals surface area contributed by atoms with E-state index in [-0.39, 0.29) is 10.8 Å². The van der Waals surface area contributed by atoms with Gasteiger partial charge in [0.2, 0.25) is 0 Å². The van der Waals surface area contributed by atoms with Crippen LogP contribution in [0.1, 0.15) is 40.0 Å². The van der Waals surface area contributed by atoms with Crippen molar-refractivity contribution >= 4 is 46.5 Å². The van der Waals surface area contributed by atoms with Gasteiger partial charge in [-0.05, 0) is 59.9 Å². The zero-order valence-corrected chi connectivity index (χ0v) is 13.8. The first kappa shape index (κ1) is 16.5. The number of nitrogens with zero attached hydrogens (tertiary/aromatic N) is 3. The summed E-state index contributed by atoms with van der Waals surface area (Å²) in [5, 5.41) is 15.8. The van der Waals surface area contributed by atoms with Gasteiger partial charge < -0.3 is 0 Å². The molecule has 0 aromatic heterocycles. The van der Waals surface area contributed by atoms with E-state index in [0.29, 0.717) is 0 Å². The van der Waals surface area contributed by atoms with Gasteiger partial charge in [0.15, 0.2) is 5.66 Å². The lowest BCUT2D eigenvalue weighted by atomic mass is 9.61. The predicted molar refractivity (Wildman–Crippen MR) is 86.6 cm³/mol. The molecule has 1 unspecified atom stereocenters. The molecule has 0 saturated heterocycles. The fourth-order valence-electron chi connectivity index (χ4n) is 3.45. The number of thiocarbonyl (C=S) groups is 2. The molecule has 0 aromatic carbocycles. The summed E-state index contributed by atoms with van der Waals surface area (Å²) in [5.74, 6) is 0.759. The molecule has 1 rings (SSSR count). The first-order chi connectivity index (χ1) is 8.80. The van der Waals surface area contributed by atoms with Crippen LogP contribution in [0.15, 0.2) is 9.98 Å². The molecule has 3 nitrogen and oxygen atoms in total. The molecule has 1 saturated carbocycles. The van der Waals surface area contributed by atoms with Crippen LogP contribution in [0.2, 0.25) is 0 Å².